The molecule has 3 aromatic rings. The van der Waals surface area contributed by atoms with E-state index in [1.807, 2.05) is 6.07 Å². The monoisotopic (exact) mass is 370 g/mol. The van der Waals surface area contributed by atoms with Crippen LogP contribution in [-0.4, -0.2) is 47.3 Å². The number of hydrogen-bond acceptors (Lipinski definition) is 7. The maximum absolute atomic E-state index is 12.5. The number of nitrogens with one attached hydrogen (secondary N) is 1. The zero-order valence-corrected chi connectivity index (χ0v) is 15.4. The van der Waals surface area contributed by atoms with Gasteiger partial charge in [-0.15, -0.1) is 0 Å². The second-order valence-electron chi connectivity index (χ2n) is 6.71. The summed E-state index contributed by atoms with van der Waals surface area (Å²) in [7, 11) is 3.11. The molecular formula is C19H22N4O4. The van der Waals surface area contributed by atoms with Crippen molar-refractivity contribution < 1.29 is 14.0 Å². The third kappa shape index (κ3) is 3.52. The van der Waals surface area contributed by atoms with E-state index in [0.717, 1.165) is 31.6 Å². The minimum absolute atomic E-state index is 0.173. The highest BCUT2D eigenvalue weighted by molar-refractivity contribution is 5.81. The van der Waals surface area contributed by atoms with E-state index in [2.05, 4.69) is 20.0 Å². The molecule has 142 valence electrons. The molecule has 1 saturated heterocycles. The minimum Gasteiger partial charge on any atom is -0.493 e. The summed E-state index contributed by atoms with van der Waals surface area (Å²) in [6.07, 6.45) is 3.64. The molecule has 0 unspecified atom stereocenters. The Morgan fingerprint density at radius 3 is 2.63 bits per heavy atom. The molecule has 2 aromatic heterocycles. The Balaban J connectivity index is 1.52. The maximum atomic E-state index is 12.5. The van der Waals surface area contributed by atoms with Gasteiger partial charge in [-0.2, -0.15) is 0 Å². The van der Waals surface area contributed by atoms with E-state index in [1.165, 1.54) is 0 Å². The van der Waals surface area contributed by atoms with Crippen LogP contribution in [0.1, 0.15) is 30.3 Å². The predicted octanol–water partition coefficient (Wildman–Crippen LogP) is 2.31. The van der Waals surface area contributed by atoms with Crippen molar-refractivity contribution in [1.29, 1.82) is 0 Å². The van der Waals surface area contributed by atoms with Crippen molar-refractivity contribution in [1.82, 2.24) is 20.0 Å². The van der Waals surface area contributed by atoms with Gasteiger partial charge in [0.1, 0.15) is 12.1 Å². The van der Waals surface area contributed by atoms with Gasteiger partial charge in [0.05, 0.1) is 37.4 Å². The van der Waals surface area contributed by atoms with Crippen LogP contribution in [0.5, 0.6) is 11.5 Å². The van der Waals surface area contributed by atoms with Gasteiger partial charge < -0.3 is 19.0 Å². The Kier molecular flexibility index (Phi) is 4.81. The number of hydrogen-bond donors (Lipinski definition) is 1. The molecule has 3 heterocycles. The van der Waals surface area contributed by atoms with Crippen LogP contribution < -0.4 is 15.0 Å². The van der Waals surface area contributed by atoms with Crippen LogP contribution in [-0.2, 0) is 6.54 Å². The summed E-state index contributed by atoms with van der Waals surface area (Å²) in [5.74, 6) is 2.15. The molecule has 1 aliphatic heterocycles. The number of methoxy groups -OCH3 is 2. The second-order valence-corrected chi connectivity index (χ2v) is 6.71. The molecule has 4 rings (SSSR count). The average molecular weight is 370 g/mol. The van der Waals surface area contributed by atoms with Gasteiger partial charge >= 0.3 is 0 Å². The maximum Gasteiger partial charge on any atom is 0.258 e. The lowest BCUT2D eigenvalue weighted by Crippen LogP contribution is -2.33. The zero-order valence-electron chi connectivity index (χ0n) is 15.4. The van der Waals surface area contributed by atoms with E-state index in [1.54, 1.807) is 32.6 Å². The summed E-state index contributed by atoms with van der Waals surface area (Å²) in [6, 6.07) is 5.33. The van der Waals surface area contributed by atoms with Crippen LogP contribution >= 0.6 is 0 Å². The van der Waals surface area contributed by atoms with Gasteiger partial charge in [0.25, 0.3) is 5.56 Å². The number of aromatic nitrogens is 3. The molecule has 8 heteroatoms. The van der Waals surface area contributed by atoms with Crippen LogP contribution in [0.4, 0.5) is 0 Å². The molecule has 27 heavy (non-hydrogen) atoms. The summed E-state index contributed by atoms with van der Waals surface area (Å²) in [5, 5.41) is 4.54. The largest absolute Gasteiger partial charge is 0.493 e. The number of piperidine rings is 1. The SMILES string of the molecule is COc1cc2nc(CN3CCC(c4ccon4)CC3)[nH]c(=O)c2cc1OC. The Hall–Kier alpha value is -2.87. The second kappa shape index (κ2) is 7.40. The topological polar surface area (TPSA) is 93.5 Å². The van der Waals surface area contributed by atoms with E-state index in [-0.39, 0.29) is 5.56 Å². The number of aromatic amines is 1. The summed E-state index contributed by atoms with van der Waals surface area (Å²) in [4.78, 5) is 22.3. The van der Waals surface area contributed by atoms with Gasteiger partial charge in [0.2, 0.25) is 0 Å². The van der Waals surface area contributed by atoms with Gasteiger partial charge in [0, 0.05) is 18.1 Å². The van der Waals surface area contributed by atoms with Crippen LogP contribution in [0, 0.1) is 0 Å². The average Bonchev–Trinajstić information content (AvgIpc) is 3.22. The van der Waals surface area contributed by atoms with Gasteiger partial charge in [0.15, 0.2) is 11.5 Å². The Morgan fingerprint density at radius 1 is 1.22 bits per heavy atom. The standard InChI is InChI=1S/C19H22N4O4/c1-25-16-9-13-15(10-17(16)26-2)20-18(21-19(13)24)11-23-6-3-12(4-7-23)14-5-8-27-22-14/h5,8-10,12H,3-4,6-7,11H2,1-2H3,(H,20,21,24). The van der Waals surface area contributed by atoms with E-state index < -0.39 is 0 Å². The van der Waals surface area contributed by atoms with Crippen molar-refractivity contribution in [2.75, 3.05) is 27.3 Å². The van der Waals surface area contributed by atoms with Crippen LogP contribution in [0.25, 0.3) is 10.9 Å². The van der Waals surface area contributed by atoms with Crippen LogP contribution in [0.15, 0.2) is 33.8 Å². The molecule has 1 fully saturated rings. The first-order chi connectivity index (χ1) is 13.2. The quantitative estimate of drug-likeness (QED) is 0.736. The molecule has 0 aliphatic carbocycles. The lowest BCUT2D eigenvalue weighted by molar-refractivity contribution is 0.197. The Labute approximate surface area is 156 Å². The third-order valence-corrected chi connectivity index (χ3v) is 5.10. The molecule has 0 saturated carbocycles. The fourth-order valence-electron chi connectivity index (χ4n) is 3.62. The van der Waals surface area contributed by atoms with Gasteiger partial charge in [-0.3, -0.25) is 9.69 Å². The van der Waals surface area contributed by atoms with Crippen molar-refractivity contribution in [3.8, 4) is 11.5 Å². The number of fused-ring (bicyclic) bond motifs is 1. The van der Waals surface area contributed by atoms with Gasteiger partial charge in [-0.05, 0) is 32.0 Å². The highest BCUT2D eigenvalue weighted by Gasteiger charge is 2.23. The molecule has 0 radical (unpaired) electrons. The predicted molar refractivity (Wildman–Crippen MR) is 99.2 cm³/mol. The van der Waals surface area contributed by atoms with Crippen LogP contribution in [0.2, 0.25) is 0 Å². The lowest BCUT2D eigenvalue weighted by Gasteiger charge is -2.30. The Bertz CT molecular complexity index is 975. The number of nitrogens with zero attached hydrogens (tertiary/aromatic N) is 3. The van der Waals surface area contributed by atoms with E-state index in [9.17, 15) is 4.79 Å². The molecule has 1 N–H and O–H groups in total. The first kappa shape index (κ1) is 17.5. The number of benzene rings is 1. The Morgan fingerprint density at radius 2 is 1.96 bits per heavy atom. The lowest BCUT2D eigenvalue weighted by atomic mass is 9.94. The normalized spacial score (nSPS) is 15.9. The smallest absolute Gasteiger partial charge is 0.258 e. The third-order valence-electron chi connectivity index (χ3n) is 5.10. The summed E-state index contributed by atoms with van der Waals surface area (Å²) < 4.78 is 15.5. The van der Waals surface area contributed by atoms with Gasteiger partial charge in [-0.1, -0.05) is 5.16 Å². The summed E-state index contributed by atoms with van der Waals surface area (Å²) in [5.41, 5.74) is 1.45. The molecule has 0 bridgehead atoms. The number of likely N-dealkylation sites (tertiary alicyclic amines) is 1. The zero-order chi connectivity index (χ0) is 18.8. The fraction of sp³-hybridized carbons (Fsp3) is 0.421. The van der Waals surface area contributed by atoms with E-state index in [0.29, 0.717) is 40.7 Å². The highest BCUT2D eigenvalue weighted by Crippen LogP contribution is 2.30. The molecule has 0 amide bonds. The van der Waals surface area contributed by atoms with Crippen LogP contribution in [0.3, 0.4) is 0 Å². The summed E-state index contributed by atoms with van der Waals surface area (Å²) >= 11 is 0. The summed E-state index contributed by atoms with van der Waals surface area (Å²) in [6.45, 7) is 2.45. The molecule has 8 nitrogen and oxygen atoms in total. The highest BCUT2D eigenvalue weighted by atomic mass is 16.5. The fourth-order valence-corrected chi connectivity index (χ4v) is 3.62. The molecule has 0 spiro atoms. The van der Waals surface area contributed by atoms with E-state index >= 15 is 0 Å². The molecule has 1 aliphatic rings. The van der Waals surface area contributed by atoms with Gasteiger partial charge in [-0.25, -0.2) is 4.98 Å². The van der Waals surface area contributed by atoms with E-state index in [4.69, 9.17) is 14.0 Å². The molecule has 1 aromatic carbocycles. The minimum atomic E-state index is -0.173. The van der Waals surface area contributed by atoms with Crippen molar-refractivity contribution in [2.45, 2.75) is 25.3 Å². The molecule has 0 atom stereocenters. The van der Waals surface area contributed by atoms with Crippen molar-refractivity contribution in [3.05, 3.63) is 46.3 Å². The first-order valence-electron chi connectivity index (χ1n) is 8.95. The van der Waals surface area contributed by atoms with Crippen molar-refractivity contribution >= 4 is 10.9 Å². The molecular weight excluding hydrogens is 348 g/mol. The number of H-pyrrole nitrogens is 1. The first-order valence-corrected chi connectivity index (χ1v) is 8.95. The number of rotatable bonds is 5. The van der Waals surface area contributed by atoms with Crippen molar-refractivity contribution in [3.63, 3.8) is 0 Å². The number of ether oxygens (including phenoxy) is 2. The van der Waals surface area contributed by atoms with Crippen molar-refractivity contribution in [2.24, 2.45) is 0 Å².